The van der Waals surface area contributed by atoms with E-state index in [1.54, 1.807) is 0 Å². The summed E-state index contributed by atoms with van der Waals surface area (Å²) in [7, 11) is 0. The van der Waals surface area contributed by atoms with Crippen molar-refractivity contribution in [3.63, 3.8) is 0 Å². The van der Waals surface area contributed by atoms with Gasteiger partial charge in [-0.2, -0.15) is 0 Å². The first-order valence-corrected chi connectivity index (χ1v) is 8.89. The number of carbonyl (C=O) groups is 2. The number of amides is 2. The Morgan fingerprint density at radius 1 is 0.880 bits per heavy atom. The molecule has 2 aromatic rings. The number of benzene rings is 2. The largest absolute Gasteiger partial charge is 0.341 e. The summed E-state index contributed by atoms with van der Waals surface area (Å²) >= 11 is 0. The van der Waals surface area contributed by atoms with E-state index in [0.29, 0.717) is 13.1 Å². The van der Waals surface area contributed by atoms with E-state index in [9.17, 15) is 9.59 Å². The molecule has 2 heterocycles. The molecule has 0 aliphatic carbocycles. The number of carbonyl (C=O) groups excluding carboxylic acids is 2. The lowest BCUT2D eigenvalue weighted by Crippen LogP contribution is -2.56. The molecule has 4 rings (SSSR count). The second-order valence-corrected chi connectivity index (χ2v) is 6.94. The maximum absolute atomic E-state index is 13.6. The van der Waals surface area contributed by atoms with E-state index >= 15 is 0 Å². The van der Waals surface area contributed by atoms with Crippen LogP contribution in [0.15, 0.2) is 60.7 Å². The minimum atomic E-state index is -0.284. The second-order valence-electron chi connectivity index (χ2n) is 6.94. The first kappa shape index (κ1) is 15.9. The summed E-state index contributed by atoms with van der Waals surface area (Å²) in [6.45, 7) is 1.31. The second kappa shape index (κ2) is 6.71. The molecule has 2 amide bonds. The van der Waals surface area contributed by atoms with Crippen molar-refractivity contribution in [2.75, 3.05) is 13.1 Å². The van der Waals surface area contributed by atoms with E-state index in [4.69, 9.17) is 0 Å². The lowest BCUT2D eigenvalue weighted by Gasteiger charge is -2.41. The average Bonchev–Trinajstić information content (AvgIpc) is 2.93. The van der Waals surface area contributed by atoms with Crippen molar-refractivity contribution < 1.29 is 9.59 Å². The SMILES string of the molecule is O=CN1CC2CC[C@H](C1)N2C(=O)C(c1ccccc1)c1ccccc1. The van der Waals surface area contributed by atoms with Gasteiger partial charge < -0.3 is 9.80 Å². The molecule has 2 aliphatic rings. The normalized spacial score (nSPS) is 22.3. The van der Waals surface area contributed by atoms with Gasteiger partial charge in [-0.1, -0.05) is 60.7 Å². The van der Waals surface area contributed by atoms with Gasteiger partial charge in [0.2, 0.25) is 12.3 Å². The van der Waals surface area contributed by atoms with Crippen molar-refractivity contribution in [2.45, 2.75) is 30.8 Å². The first-order chi connectivity index (χ1) is 12.3. The number of piperazine rings is 1. The van der Waals surface area contributed by atoms with Crippen LogP contribution in [-0.2, 0) is 9.59 Å². The molecule has 2 atom stereocenters. The monoisotopic (exact) mass is 334 g/mol. The van der Waals surface area contributed by atoms with Crippen LogP contribution in [0.25, 0.3) is 0 Å². The van der Waals surface area contributed by atoms with Crippen LogP contribution in [0, 0.1) is 0 Å². The van der Waals surface area contributed by atoms with Crippen molar-refractivity contribution in [3.8, 4) is 0 Å². The highest BCUT2D eigenvalue weighted by atomic mass is 16.2. The smallest absolute Gasteiger partial charge is 0.235 e. The van der Waals surface area contributed by atoms with Gasteiger partial charge in [0.05, 0.1) is 5.92 Å². The third kappa shape index (κ3) is 2.93. The molecule has 4 heteroatoms. The zero-order valence-corrected chi connectivity index (χ0v) is 14.1. The number of likely N-dealkylation sites (tertiary alicyclic amines) is 1. The van der Waals surface area contributed by atoms with E-state index in [1.807, 2.05) is 65.6 Å². The van der Waals surface area contributed by atoms with E-state index in [-0.39, 0.29) is 23.9 Å². The molecule has 2 saturated heterocycles. The fraction of sp³-hybridized carbons (Fsp3) is 0.333. The molecule has 4 nitrogen and oxygen atoms in total. The van der Waals surface area contributed by atoms with Crippen molar-refractivity contribution in [1.29, 1.82) is 0 Å². The lowest BCUT2D eigenvalue weighted by molar-refractivity contribution is -0.140. The third-order valence-electron chi connectivity index (χ3n) is 5.43. The summed E-state index contributed by atoms with van der Waals surface area (Å²) < 4.78 is 0. The predicted molar refractivity (Wildman–Crippen MR) is 96.0 cm³/mol. The van der Waals surface area contributed by atoms with Crippen LogP contribution in [0.3, 0.4) is 0 Å². The molecular formula is C21H22N2O2. The molecule has 0 saturated carbocycles. The van der Waals surface area contributed by atoms with Gasteiger partial charge in [-0.05, 0) is 24.0 Å². The number of nitrogens with zero attached hydrogens (tertiary/aromatic N) is 2. The highest BCUT2D eigenvalue weighted by Crippen LogP contribution is 2.35. The minimum Gasteiger partial charge on any atom is -0.341 e. The maximum atomic E-state index is 13.6. The number of hydrogen-bond acceptors (Lipinski definition) is 2. The molecule has 2 fully saturated rings. The Morgan fingerprint density at radius 3 is 1.80 bits per heavy atom. The zero-order valence-electron chi connectivity index (χ0n) is 14.1. The van der Waals surface area contributed by atoms with Gasteiger partial charge in [-0.15, -0.1) is 0 Å². The highest BCUT2D eigenvalue weighted by Gasteiger charge is 2.44. The molecule has 128 valence electrons. The van der Waals surface area contributed by atoms with Gasteiger partial charge in [0.25, 0.3) is 0 Å². The molecule has 2 aromatic carbocycles. The Kier molecular flexibility index (Phi) is 4.26. The number of rotatable bonds is 4. The topological polar surface area (TPSA) is 40.6 Å². The van der Waals surface area contributed by atoms with Crippen LogP contribution in [0.4, 0.5) is 0 Å². The molecule has 0 N–H and O–H groups in total. The van der Waals surface area contributed by atoms with E-state index < -0.39 is 0 Å². The van der Waals surface area contributed by atoms with E-state index in [1.165, 1.54) is 0 Å². The molecule has 0 aromatic heterocycles. The van der Waals surface area contributed by atoms with Crippen molar-refractivity contribution in [2.24, 2.45) is 0 Å². The Hall–Kier alpha value is -2.62. The van der Waals surface area contributed by atoms with E-state index in [2.05, 4.69) is 4.90 Å². The molecule has 25 heavy (non-hydrogen) atoms. The molecule has 2 aliphatic heterocycles. The fourth-order valence-electron chi connectivity index (χ4n) is 4.30. The molecule has 1 unspecified atom stereocenters. The number of hydrogen-bond donors (Lipinski definition) is 0. The van der Waals surface area contributed by atoms with Crippen molar-refractivity contribution in [3.05, 3.63) is 71.8 Å². The van der Waals surface area contributed by atoms with Gasteiger partial charge >= 0.3 is 0 Å². The van der Waals surface area contributed by atoms with Gasteiger partial charge in [0, 0.05) is 25.2 Å². The number of fused-ring (bicyclic) bond motifs is 2. The Morgan fingerprint density at radius 2 is 1.36 bits per heavy atom. The van der Waals surface area contributed by atoms with Crippen LogP contribution in [-0.4, -0.2) is 47.3 Å². The van der Waals surface area contributed by atoms with Crippen LogP contribution in [0.2, 0.25) is 0 Å². The standard InChI is InChI=1S/C21H22N2O2/c24-15-22-13-18-11-12-19(14-22)23(18)21(25)20(16-7-3-1-4-8-16)17-9-5-2-6-10-17/h1-10,15,18-20H,11-14H2/t18-,19?/m1/s1. The first-order valence-electron chi connectivity index (χ1n) is 8.89. The van der Waals surface area contributed by atoms with Crippen molar-refractivity contribution >= 4 is 12.3 Å². The average molecular weight is 334 g/mol. The Bertz CT molecular complexity index is 694. The van der Waals surface area contributed by atoms with E-state index in [0.717, 1.165) is 30.4 Å². The Labute approximate surface area is 148 Å². The summed E-state index contributed by atoms with van der Waals surface area (Å²) in [4.78, 5) is 28.6. The quantitative estimate of drug-likeness (QED) is 0.807. The summed E-state index contributed by atoms with van der Waals surface area (Å²) in [5, 5.41) is 0. The summed E-state index contributed by atoms with van der Waals surface area (Å²) in [5.41, 5.74) is 2.05. The van der Waals surface area contributed by atoms with Crippen LogP contribution < -0.4 is 0 Å². The summed E-state index contributed by atoms with van der Waals surface area (Å²) in [6.07, 6.45) is 2.88. The van der Waals surface area contributed by atoms with Gasteiger partial charge in [-0.25, -0.2) is 0 Å². The van der Waals surface area contributed by atoms with Crippen LogP contribution >= 0.6 is 0 Å². The van der Waals surface area contributed by atoms with Gasteiger partial charge in [0.1, 0.15) is 0 Å². The molecule has 2 bridgehead atoms. The molecule has 0 spiro atoms. The predicted octanol–water partition coefficient (Wildman–Crippen LogP) is 2.65. The van der Waals surface area contributed by atoms with Gasteiger partial charge in [-0.3, -0.25) is 9.59 Å². The van der Waals surface area contributed by atoms with Gasteiger partial charge in [0.15, 0.2) is 0 Å². The maximum Gasteiger partial charge on any atom is 0.235 e. The molecular weight excluding hydrogens is 312 g/mol. The Balaban J connectivity index is 1.69. The van der Waals surface area contributed by atoms with Crippen LogP contribution in [0.1, 0.15) is 29.9 Å². The third-order valence-corrected chi connectivity index (χ3v) is 5.43. The highest BCUT2D eigenvalue weighted by molar-refractivity contribution is 5.88. The fourth-order valence-corrected chi connectivity index (χ4v) is 4.30. The lowest BCUT2D eigenvalue weighted by atomic mass is 9.89. The minimum absolute atomic E-state index is 0.145. The molecule has 0 radical (unpaired) electrons. The van der Waals surface area contributed by atoms with Crippen LogP contribution in [0.5, 0.6) is 0 Å². The summed E-state index contributed by atoms with van der Waals surface area (Å²) in [5.74, 6) is -0.122. The summed E-state index contributed by atoms with van der Waals surface area (Å²) in [6, 6.07) is 20.3. The van der Waals surface area contributed by atoms with Crippen molar-refractivity contribution in [1.82, 2.24) is 9.80 Å². The zero-order chi connectivity index (χ0) is 17.2.